The molecule has 0 bridgehead atoms. The molecule has 0 aliphatic heterocycles. The molecule has 2 heterocycles. The number of carbonyl (C=O) groups excluding carboxylic acids is 1. The summed E-state index contributed by atoms with van der Waals surface area (Å²) in [7, 11) is 0. The number of aryl methyl sites for hydroxylation is 1. The van der Waals surface area contributed by atoms with Crippen LogP contribution in [0.4, 0.5) is 19.0 Å². The third-order valence-corrected chi connectivity index (χ3v) is 5.05. The lowest BCUT2D eigenvalue weighted by atomic mass is 10.1. The van der Waals surface area contributed by atoms with Crippen molar-refractivity contribution in [2.75, 3.05) is 5.32 Å². The minimum atomic E-state index is -4.53. The van der Waals surface area contributed by atoms with E-state index in [2.05, 4.69) is 15.4 Å². The van der Waals surface area contributed by atoms with Crippen LogP contribution in [-0.4, -0.2) is 25.2 Å². The SMILES string of the molecule is CCn1c(=O)[nH]c2cc(C(=O)Nc3cc(C)nn3-c3cccc(C(F)(F)F)c3)ccc2c1=O. The number of aromatic nitrogens is 4. The van der Waals surface area contributed by atoms with Gasteiger partial charge < -0.3 is 10.3 Å². The van der Waals surface area contributed by atoms with Crippen molar-refractivity contribution in [3.8, 4) is 5.69 Å². The number of alkyl halides is 3. The van der Waals surface area contributed by atoms with E-state index in [1.165, 1.54) is 41.1 Å². The Morgan fingerprint density at radius 1 is 1.12 bits per heavy atom. The van der Waals surface area contributed by atoms with E-state index in [1.54, 1.807) is 13.8 Å². The number of halogens is 3. The highest BCUT2D eigenvalue weighted by molar-refractivity contribution is 6.05. The van der Waals surface area contributed by atoms with Gasteiger partial charge in [-0.3, -0.25) is 14.2 Å². The standard InChI is InChI=1S/C22H18F3N5O3/c1-3-29-20(32)16-8-7-13(10-17(16)26-21(29)33)19(31)27-18-9-12(2)28-30(18)15-6-4-5-14(11-15)22(23,24)25/h4-11H,3H2,1-2H3,(H,26,33)(H,27,31). The Bertz CT molecular complexity index is 1500. The van der Waals surface area contributed by atoms with Crippen molar-refractivity contribution in [1.82, 2.24) is 19.3 Å². The van der Waals surface area contributed by atoms with Gasteiger partial charge in [0.15, 0.2) is 0 Å². The zero-order valence-corrected chi connectivity index (χ0v) is 17.5. The molecule has 0 spiro atoms. The Balaban J connectivity index is 1.70. The largest absolute Gasteiger partial charge is 0.416 e. The van der Waals surface area contributed by atoms with Crippen molar-refractivity contribution in [1.29, 1.82) is 0 Å². The summed E-state index contributed by atoms with van der Waals surface area (Å²) in [6.07, 6.45) is -4.53. The van der Waals surface area contributed by atoms with Crippen LogP contribution < -0.4 is 16.6 Å². The van der Waals surface area contributed by atoms with E-state index in [-0.39, 0.29) is 34.5 Å². The molecule has 0 aliphatic rings. The van der Waals surface area contributed by atoms with Gasteiger partial charge in [-0.1, -0.05) is 6.07 Å². The van der Waals surface area contributed by atoms with Crippen LogP contribution in [0.1, 0.15) is 28.5 Å². The summed E-state index contributed by atoms with van der Waals surface area (Å²) in [4.78, 5) is 39.9. The molecule has 0 atom stereocenters. The highest BCUT2D eigenvalue weighted by Crippen LogP contribution is 2.31. The maximum atomic E-state index is 13.1. The smallest absolute Gasteiger partial charge is 0.307 e. The fraction of sp³-hybridized carbons (Fsp3) is 0.182. The average Bonchev–Trinajstić information content (AvgIpc) is 3.13. The number of hydrogen-bond donors (Lipinski definition) is 2. The number of nitrogens with zero attached hydrogens (tertiary/aromatic N) is 3. The third-order valence-electron chi connectivity index (χ3n) is 5.05. The summed E-state index contributed by atoms with van der Waals surface area (Å²) >= 11 is 0. The summed E-state index contributed by atoms with van der Waals surface area (Å²) in [5.41, 5.74) is -0.970. The van der Waals surface area contributed by atoms with Crippen LogP contribution in [0.5, 0.6) is 0 Å². The van der Waals surface area contributed by atoms with Crippen molar-refractivity contribution in [2.24, 2.45) is 0 Å². The molecule has 170 valence electrons. The van der Waals surface area contributed by atoms with Gasteiger partial charge >= 0.3 is 11.9 Å². The maximum Gasteiger partial charge on any atom is 0.416 e. The highest BCUT2D eigenvalue weighted by atomic mass is 19.4. The van der Waals surface area contributed by atoms with Crippen LogP contribution in [0.3, 0.4) is 0 Å². The lowest BCUT2D eigenvalue weighted by Gasteiger charge is -2.12. The van der Waals surface area contributed by atoms with Crippen LogP contribution in [0, 0.1) is 6.92 Å². The minimum Gasteiger partial charge on any atom is -0.307 e. The number of nitrogens with one attached hydrogen (secondary N) is 2. The van der Waals surface area contributed by atoms with Gasteiger partial charge in [0.05, 0.1) is 27.8 Å². The van der Waals surface area contributed by atoms with Crippen LogP contribution in [0.2, 0.25) is 0 Å². The summed E-state index contributed by atoms with van der Waals surface area (Å²) in [5, 5.41) is 7.06. The molecule has 4 rings (SSSR count). The Hall–Kier alpha value is -4.15. The van der Waals surface area contributed by atoms with E-state index >= 15 is 0 Å². The lowest BCUT2D eigenvalue weighted by Crippen LogP contribution is -2.34. The molecule has 0 unspecified atom stereocenters. The molecule has 0 fully saturated rings. The van der Waals surface area contributed by atoms with Gasteiger partial charge in [0.1, 0.15) is 5.82 Å². The molecule has 0 saturated heterocycles. The monoisotopic (exact) mass is 457 g/mol. The van der Waals surface area contributed by atoms with Gasteiger partial charge in [-0.25, -0.2) is 9.48 Å². The zero-order valence-electron chi connectivity index (χ0n) is 17.5. The molecule has 0 radical (unpaired) electrons. The van der Waals surface area contributed by atoms with E-state index in [0.29, 0.717) is 5.69 Å². The van der Waals surface area contributed by atoms with Crippen LogP contribution in [0.25, 0.3) is 16.6 Å². The molecule has 2 aromatic heterocycles. The first-order valence-electron chi connectivity index (χ1n) is 9.91. The molecule has 0 saturated carbocycles. The van der Waals surface area contributed by atoms with Crippen molar-refractivity contribution < 1.29 is 18.0 Å². The molecule has 4 aromatic rings. The fourth-order valence-corrected chi connectivity index (χ4v) is 3.47. The van der Waals surface area contributed by atoms with Crippen molar-refractivity contribution in [3.63, 3.8) is 0 Å². The number of carbonyl (C=O) groups is 1. The Labute approximate surface area is 184 Å². The number of aromatic amines is 1. The Kier molecular flexibility index (Phi) is 5.40. The highest BCUT2D eigenvalue weighted by Gasteiger charge is 2.30. The number of fused-ring (bicyclic) bond motifs is 1. The molecule has 2 aromatic carbocycles. The number of rotatable bonds is 4. The molecule has 8 nitrogen and oxygen atoms in total. The number of H-pyrrole nitrogens is 1. The lowest BCUT2D eigenvalue weighted by molar-refractivity contribution is -0.137. The third kappa shape index (κ3) is 4.16. The molecular formula is C22H18F3N5O3. The second-order valence-corrected chi connectivity index (χ2v) is 7.32. The molecule has 1 amide bonds. The number of amides is 1. The van der Waals surface area contributed by atoms with Gasteiger partial charge in [-0.15, -0.1) is 0 Å². The predicted molar refractivity (Wildman–Crippen MR) is 116 cm³/mol. The van der Waals surface area contributed by atoms with Crippen LogP contribution in [0.15, 0.2) is 58.1 Å². The fourth-order valence-electron chi connectivity index (χ4n) is 3.47. The number of anilines is 1. The normalized spacial score (nSPS) is 11.7. The van der Waals surface area contributed by atoms with E-state index in [9.17, 15) is 27.6 Å². The first-order chi connectivity index (χ1) is 15.6. The maximum absolute atomic E-state index is 13.1. The molecule has 33 heavy (non-hydrogen) atoms. The molecular weight excluding hydrogens is 439 g/mol. The van der Waals surface area contributed by atoms with Crippen molar-refractivity contribution >= 4 is 22.6 Å². The van der Waals surface area contributed by atoms with Gasteiger partial charge in [-0.2, -0.15) is 18.3 Å². The van der Waals surface area contributed by atoms with E-state index in [4.69, 9.17) is 0 Å². The Morgan fingerprint density at radius 2 is 1.88 bits per heavy atom. The first-order valence-corrected chi connectivity index (χ1v) is 9.91. The predicted octanol–water partition coefficient (Wildman–Crippen LogP) is 3.47. The minimum absolute atomic E-state index is 0.121. The zero-order chi connectivity index (χ0) is 23.9. The average molecular weight is 457 g/mol. The summed E-state index contributed by atoms with van der Waals surface area (Å²) in [6.45, 7) is 3.50. The molecule has 0 aliphatic carbocycles. The van der Waals surface area contributed by atoms with Gasteiger partial charge in [0.25, 0.3) is 11.5 Å². The molecule has 2 N–H and O–H groups in total. The van der Waals surface area contributed by atoms with E-state index in [0.717, 1.165) is 16.7 Å². The van der Waals surface area contributed by atoms with Gasteiger partial charge in [0.2, 0.25) is 0 Å². The summed E-state index contributed by atoms with van der Waals surface area (Å²) < 4.78 is 41.6. The van der Waals surface area contributed by atoms with E-state index in [1.807, 2.05) is 0 Å². The van der Waals surface area contributed by atoms with Crippen LogP contribution >= 0.6 is 0 Å². The van der Waals surface area contributed by atoms with Gasteiger partial charge in [-0.05, 0) is 50.2 Å². The first kappa shape index (κ1) is 22.1. The second kappa shape index (κ2) is 8.08. The van der Waals surface area contributed by atoms with Crippen molar-refractivity contribution in [2.45, 2.75) is 26.6 Å². The molecule has 11 heteroatoms. The van der Waals surface area contributed by atoms with Gasteiger partial charge in [0, 0.05) is 18.2 Å². The summed E-state index contributed by atoms with van der Waals surface area (Å²) in [6, 6.07) is 10.3. The van der Waals surface area contributed by atoms with Crippen LogP contribution in [-0.2, 0) is 12.7 Å². The topological polar surface area (TPSA) is 102 Å². The quantitative estimate of drug-likeness (QED) is 0.490. The van der Waals surface area contributed by atoms with E-state index < -0.39 is 28.9 Å². The number of benzene rings is 2. The second-order valence-electron chi connectivity index (χ2n) is 7.32. The summed E-state index contributed by atoms with van der Waals surface area (Å²) in [5.74, 6) is -0.433. The Morgan fingerprint density at radius 3 is 2.58 bits per heavy atom. The number of hydrogen-bond acceptors (Lipinski definition) is 4. The van der Waals surface area contributed by atoms with Crippen molar-refractivity contribution in [3.05, 3.63) is 86.2 Å².